The molecule has 0 radical (unpaired) electrons. The Morgan fingerprint density at radius 1 is 1.12 bits per heavy atom. The van der Waals surface area contributed by atoms with Crippen molar-refractivity contribution in [1.82, 2.24) is 4.90 Å². The molecular formula is C31H35N3O5S. The molecule has 1 aliphatic heterocycles. The predicted octanol–water partition coefficient (Wildman–Crippen LogP) is 5.45. The molecule has 9 heteroatoms. The molecule has 1 aliphatic carbocycles. The fourth-order valence-corrected chi connectivity index (χ4v) is 6.82. The summed E-state index contributed by atoms with van der Waals surface area (Å²) in [6.45, 7) is 5.94. The Labute approximate surface area is 236 Å². The summed E-state index contributed by atoms with van der Waals surface area (Å²) >= 11 is 0. The molecule has 1 amide bonds. The van der Waals surface area contributed by atoms with Crippen LogP contribution in [-0.4, -0.2) is 49.1 Å². The van der Waals surface area contributed by atoms with Gasteiger partial charge in [-0.2, -0.15) is 10.5 Å². The lowest BCUT2D eigenvalue weighted by atomic mass is 9.75. The molecule has 2 aromatic rings. The van der Waals surface area contributed by atoms with Gasteiger partial charge >= 0.3 is 6.09 Å². The number of carbonyl (C=O) groups is 2. The van der Waals surface area contributed by atoms with E-state index in [2.05, 4.69) is 6.07 Å². The molecule has 2 aliphatic rings. The lowest BCUT2D eigenvalue weighted by Gasteiger charge is -2.39. The van der Waals surface area contributed by atoms with Gasteiger partial charge < -0.3 is 4.74 Å². The molecule has 1 saturated heterocycles. The molecule has 40 heavy (non-hydrogen) atoms. The molecule has 0 aromatic heterocycles. The van der Waals surface area contributed by atoms with Crippen LogP contribution in [0.3, 0.4) is 0 Å². The first-order chi connectivity index (χ1) is 18.8. The van der Waals surface area contributed by atoms with Crippen LogP contribution >= 0.6 is 0 Å². The highest BCUT2D eigenvalue weighted by molar-refractivity contribution is 7.90. The van der Waals surface area contributed by atoms with Gasteiger partial charge in [0.25, 0.3) is 0 Å². The summed E-state index contributed by atoms with van der Waals surface area (Å²) in [5, 5.41) is 19.2. The van der Waals surface area contributed by atoms with E-state index in [1.54, 1.807) is 11.0 Å². The zero-order valence-corrected chi connectivity index (χ0v) is 24.3. The van der Waals surface area contributed by atoms with Crippen LogP contribution in [0.4, 0.5) is 4.79 Å². The Kier molecular flexibility index (Phi) is 8.10. The summed E-state index contributed by atoms with van der Waals surface area (Å²) in [4.78, 5) is 28.4. The molecule has 8 nitrogen and oxygen atoms in total. The largest absolute Gasteiger partial charge is 0.444 e. The Bertz CT molecular complexity index is 1500. The number of rotatable bonds is 7. The van der Waals surface area contributed by atoms with Gasteiger partial charge in [-0.25, -0.2) is 13.2 Å². The van der Waals surface area contributed by atoms with Crippen molar-refractivity contribution in [3.05, 3.63) is 53.6 Å². The van der Waals surface area contributed by atoms with Crippen molar-refractivity contribution in [1.29, 1.82) is 10.5 Å². The van der Waals surface area contributed by atoms with Crippen LogP contribution in [-0.2, 0) is 25.8 Å². The minimum atomic E-state index is -3.57. The zero-order chi connectivity index (χ0) is 29.3. The Morgan fingerprint density at radius 3 is 2.40 bits per heavy atom. The molecule has 2 bridgehead atoms. The van der Waals surface area contributed by atoms with Gasteiger partial charge in [0.05, 0.1) is 22.4 Å². The van der Waals surface area contributed by atoms with Crippen LogP contribution < -0.4 is 0 Å². The predicted molar refractivity (Wildman–Crippen MR) is 150 cm³/mol. The van der Waals surface area contributed by atoms with E-state index in [0.29, 0.717) is 31.4 Å². The Balaban J connectivity index is 1.49. The van der Waals surface area contributed by atoms with Gasteiger partial charge in [-0.15, -0.1) is 0 Å². The lowest BCUT2D eigenvalue weighted by molar-refractivity contribution is -0.131. The van der Waals surface area contributed by atoms with Crippen LogP contribution in [0.2, 0.25) is 0 Å². The van der Waals surface area contributed by atoms with Crippen molar-refractivity contribution in [3.8, 4) is 23.3 Å². The number of Topliss-reactive ketones (excluding diaryl/α,β-unsaturated/α-hetero) is 1. The fourth-order valence-electron chi connectivity index (χ4n) is 5.96. The molecule has 0 unspecified atom stereocenters. The number of amides is 1. The maximum atomic E-state index is 13.7. The van der Waals surface area contributed by atoms with E-state index in [4.69, 9.17) is 4.74 Å². The molecule has 0 spiro atoms. The van der Waals surface area contributed by atoms with Crippen molar-refractivity contribution in [2.24, 2.45) is 11.8 Å². The molecule has 1 saturated carbocycles. The summed E-state index contributed by atoms with van der Waals surface area (Å²) in [5.74, 6) is -0.362. The summed E-state index contributed by atoms with van der Waals surface area (Å²) in [6, 6.07) is 16.3. The normalized spacial score (nSPS) is 21.2. The first-order valence-corrected chi connectivity index (χ1v) is 15.4. The molecular weight excluding hydrogens is 526 g/mol. The molecule has 4 rings (SSSR count). The number of sulfone groups is 1. The third kappa shape index (κ3) is 6.21. The number of benzene rings is 2. The van der Waals surface area contributed by atoms with Gasteiger partial charge in [0, 0.05) is 19.2 Å². The lowest BCUT2D eigenvalue weighted by Crippen LogP contribution is -2.54. The van der Waals surface area contributed by atoms with Crippen molar-refractivity contribution in [3.63, 3.8) is 0 Å². The fraction of sp³-hybridized carbons (Fsp3) is 0.484. The van der Waals surface area contributed by atoms with E-state index in [-0.39, 0.29) is 28.6 Å². The first-order valence-electron chi connectivity index (χ1n) is 13.5. The standard InChI is InChI=1S/C31H35N3O5S/c1-30(2,3)39-29(36)34-20-22-6-5-13-31(34,17-22)28(35)15-23(18-32)14-21-7-9-24(10-8-21)25-11-12-26(19-33)27(16-25)40(4,37)38/h7-12,16,22-23H,5-6,13-15,17,20H2,1-4H3/t22-,23-,31-/m1/s1. The van der Waals surface area contributed by atoms with Crippen molar-refractivity contribution in [2.75, 3.05) is 12.8 Å². The topological polar surface area (TPSA) is 128 Å². The minimum Gasteiger partial charge on any atom is -0.444 e. The summed E-state index contributed by atoms with van der Waals surface area (Å²) in [5.41, 5.74) is 0.831. The number of nitrogens with zero attached hydrogens (tertiary/aromatic N) is 3. The summed E-state index contributed by atoms with van der Waals surface area (Å²) in [6.07, 6.45) is 4.10. The van der Waals surface area contributed by atoms with Crippen molar-refractivity contribution >= 4 is 21.7 Å². The van der Waals surface area contributed by atoms with E-state index in [9.17, 15) is 28.5 Å². The SMILES string of the molecule is CC(C)(C)OC(=O)N1C[C@@H]2CCC[C@]1(C(=O)C[C@H](C#N)Cc1ccc(-c3ccc(C#N)c(S(C)(=O)=O)c3)cc1)C2. The van der Waals surface area contributed by atoms with Crippen LogP contribution in [0.5, 0.6) is 0 Å². The van der Waals surface area contributed by atoms with Gasteiger partial charge in [-0.05, 0) is 81.2 Å². The van der Waals surface area contributed by atoms with E-state index >= 15 is 0 Å². The first kappa shape index (κ1) is 29.3. The average Bonchev–Trinajstić information content (AvgIpc) is 3.17. The van der Waals surface area contributed by atoms with Gasteiger partial charge in [-0.3, -0.25) is 9.69 Å². The number of hydrogen-bond acceptors (Lipinski definition) is 7. The number of fused-ring (bicyclic) bond motifs is 2. The summed E-state index contributed by atoms with van der Waals surface area (Å²) < 4.78 is 29.9. The van der Waals surface area contributed by atoms with E-state index in [1.165, 1.54) is 12.1 Å². The second-order valence-corrected chi connectivity index (χ2v) is 14.0. The van der Waals surface area contributed by atoms with E-state index < -0.39 is 33.0 Å². The second-order valence-electron chi connectivity index (χ2n) is 12.0. The van der Waals surface area contributed by atoms with Gasteiger partial charge in [0.15, 0.2) is 15.6 Å². The van der Waals surface area contributed by atoms with Gasteiger partial charge in [0.1, 0.15) is 17.2 Å². The van der Waals surface area contributed by atoms with Crippen LogP contribution in [0.1, 0.15) is 64.0 Å². The third-order valence-corrected chi connectivity index (χ3v) is 8.94. The maximum absolute atomic E-state index is 13.7. The number of ether oxygens (including phenoxy) is 1. The van der Waals surface area contributed by atoms with Crippen molar-refractivity contribution < 1.29 is 22.7 Å². The summed E-state index contributed by atoms with van der Waals surface area (Å²) in [7, 11) is -3.57. The Hall–Kier alpha value is -3.69. The number of nitriles is 2. The third-order valence-electron chi connectivity index (χ3n) is 7.80. The molecule has 1 heterocycles. The number of carbonyl (C=O) groups excluding carboxylic acids is 2. The minimum absolute atomic E-state index is 0.0173. The van der Waals surface area contributed by atoms with Gasteiger partial charge in [-0.1, -0.05) is 36.8 Å². The highest BCUT2D eigenvalue weighted by atomic mass is 32.2. The van der Waals surface area contributed by atoms with Crippen LogP contribution in [0.15, 0.2) is 47.4 Å². The number of ketones is 1. The Morgan fingerprint density at radius 2 is 1.80 bits per heavy atom. The monoisotopic (exact) mass is 561 g/mol. The zero-order valence-electron chi connectivity index (χ0n) is 23.4. The van der Waals surface area contributed by atoms with Crippen LogP contribution in [0.25, 0.3) is 11.1 Å². The quantitative estimate of drug-likeness (QED) is 0.440. The van der Waals surface area contributed by atoms with Crippen molar-refractivity contribution in [2.45, 2.75) is 75.3 Å². The number of hydrogen-bond donors (Lipinski definition) is 0. The smallest absolute Gasteiger partial charge is 0.411 e. The molecule has 210 valence electrons. The molecule has 2 aromatic carbocycles. The van der Waals surface area contributed by atoms with Gasteiger partial charge in [0.2, 0.25) is 0 Å². The average molecular weight is 562 g/mol. The highest BCUT2D eigenvalue weighted by Crippen LogP contribution is 2.46. The highest BCUT2D eigenvalue weighted by Gasteiger charge is 2.55. The maximum Gasteiger partial charge on any atom is 0.411 e. The molecule has 0 N–H and O–H groups in total. The second kappa shape index (κ2) is 11.1. The number of likely N-dealkylation sites (tertiary alicyclic amines) is 1. The molecule has 2 fully saturated rings. The van der Waals surface area contributed by atoms with E-state index in [1.807, 2.05) is 51.1 Å². The molecule has 3 atom stereocenters. The van der Waals surface area contributed by atoms with Crippen LogP contribution in [0, 0.1) is 34.5 Å². The van der Waals surface area contributed by atoms with E-state index in [0.717, 1.165) is 30.2 Å².